The minimum atomic E-state index is -3.84. The molecule has 3 rings (SSSR count). The maximum atomic E-state index is 12.8. The largest absolute Gasteiger partial charge is 0.495 e. The van der Waals surface area contributed by atoms with E-state index in [1.165, 1.54) is 25.3 Å². The number of carbonyl (C=O) groups excluding carboxylic acids is 1. The first-order valence-electron chi connectivity index (χ1n) is 8.53. The highest BCUT2D eigenvalue weighted by atomic mass is 32.2. The maximum Gasteiger partial charge on any atom is 0.261 e. The molecule has 0 atom stereocenters. The molecule has 2 N–H and O–H groups in total. The van der Waals surface area contributed by atoms with E-state index >= 15 is 0 Å². The lowest BCUT2D eigenvalue weighted by atomic mass is 10.2. The molecule has 3 aromatic rings. The molecule has 0 radical (unpaired) electrons. The lowest BCUT2D eigenvalue weighted by Gasteiger charge is -2.14. The van der Waals surface area contributed by atoms with E-state index in [2.05, 4.69) is 10.0 Å². The van der Waals surface area contributed by atoms with E-state index in [0.29, 0.717) is 17.0 Å². The second-order valence-corrected chi connectivity index (χ2v) is 7.79. The van der Waals surface area contributed by atoms with Gasteiger partial charge in [-0.05, 0) is 48.9 Å². The summed E-state index contributed by atoms with van der Waals surface area (Å²) in [6.07, 6.45) is 0. The number of hydrogen-bond acceptors (Lipinski definition) is 4. The molecule has 144 valence electrons. The monoisotopic (exact) mass is 396 g/mol. The van der Waals surface area contributed by atoms with Gasteiger partial charge in [0.15, 0.2) is 0 Å². The fourth-order valence-corrected chi connectivity index (χ4v) is 3.78. The highest BCUT2D eigenvalue weighted by molar-refractivity contribution is 7.92. The van der Waals surface area contributed by atoms with Gasteiger partial charge >= 0.3 is 0 Å². The number of carbonyl (C=O) groups is 1. The summed E-state index contributed by atoms with van der Waals surface area (Å²) in [7, 11) is -2.39. The van der Waals surface area contributed by atoms with Gasteiger partial charge in [0, 0.05) is 5.56 Å². The van der Waals surface area contributed by atoms with Crippen LogP contribution in [0.1, 0.15) is 15.9 Å². The number of nitrogens with one attached hydrogen (secondary N) is 2. The number of hydrogen-bond donors (Lipinski definition) is 2. The quantitative estimate of drug-likeness (QED) is 0.658. The van der Waals surface area contributed by atoms with Crippen LogP contribution in [0.2, 0.25) is 0 Å². The highest BCUT2D eigenvalue weighted by Crippen LogP contribution is 2.29. The van der Waals surface area contributed by atoms with E-state index in [1.807, 2.05) is 25.1 Å². The van der Waals surface area contributed by atoms with Crippen LogP contribution in [0, 0.1) is 6.92 Å². The predicted molar refractivity (Wildman–Crippen MR) is 109 cm³/mol. The van der Waals surface area contributed by atoms with E-state index in [9.17, 15) is 13.2 Å². The molecule has 0 heterocycles. The SMILES string of the molecule is COc1ccc(S(=O)(=O)Nc2ccccc2C)cc1NC(=O)c1ccccc1. The number of anilines is 2. The van der Waals surface area contributed by atoms with E-state index in [4.69, 9.17) is 4.74 Å². The Hall–Kier alpha value is -3.32. The summed E-state index contributed by atoms with van der Waals surface area (Å²) in [5.41, 5.74) is 2.02. The number of rotatable bonds is 6. The van der Waals surface area contributed by atoms with Gasteiger partial charge in [0.1, 0.15) is 5.75 Å². The van der Waals surface area contributed by atoms with Gasteiger partial charge in [0.2, 0.25) is 0 Å². The molecule has 6 nitrogen and oxygen atoms in total. The third-order valence-corrected chi connectivity index (χ3v) is 5.52. The van der Waals surface area contributed by atoms with Crippen LogP contribution in [0.5, 0.6) is 5.75 Å². The van der Waals surface area contributed by atoms with Crippen LogP contribution in [0.3, 0.4) is 0 Å². The zero-order valence-corrected chi connectivity index (χ0v) is 16.3. The van der Waals surface area contributed by atoms with Crippen molar-refractivity contribution in [1.29, 1.82) is 0 Å². The van der Waals surface area contributed by atoms with Gasteiger partial charge in [-0.3, -0.25) is 9.52 Å². The van der Waals surface area contributed by atoms with Crippen molar-refractivity contribution in [3.8, 4) is 5.75 Å². The number of aryl methyl sites for hydroxylation is 1. The van der Waals surface area contributed by atoms with Crippen molar-refractivity contribution in [2.75, 3.05) is 17.1 Å². The van der Waals surface area contributed by atoms with Gasteiger partial charge < -0.3 is 10.1 Å². The molecule has 0 fully saturated rings. The van der Waals surface area contributed by atoms with Gasteiger partial charge in [-0.15, -0.1) is 0 Å². The van der Waals surface area contributed by atoms with Crippen molar-refractivity contribution in [3.63, 3.8) is 0 Å². The molecular weight excluding hydrogens is 376 g/mol. The summed E-state index contributed by atoms with van der Waals surface area (Å²) in [4.78, 5) is 12.5. The van der Waals surface area contributed by atoms with Crippen molar-refractivity contribution >= 4 is 27.3 Å². The Balaban J connectivity index is 1.92. The Morgan fingerprint density at radius 3 is 2.25 bits per heavy atom. The van der Waals surface area contributed by atoms with E-state index in [0.717, 1.165) is 5.56 Å². The lowest BCUT2D eigenvalue weighted by Crippen LogP contribution is -2.16. The number of methoxy groups -OCH3 is 1. The van der Waals surface area contributed by atoms with E-state index < -0.39 is 10.0 Å². The Bertz CT molecular complexity index is 1100. The average molecular weight is 396 g/mol. The normalized spacial score (nSPS) is 10.9. The zero-order chi connectivity index (χ0) is 20.1. The third kappa shape index (κ3) is 4.32. The first kappa shape index (κ1) is 19.4. The first-order chi connectivity index (χ1) is 13.4. The predicted octanol–water partition coefficient (Wildman–Crippen LogP) is 4.06. The molecule has 0 aromatic heterocycles. The number of ether oxygens (including phenoxy) is 1. The zero-order valence-electron chi connectivity index (χ0n) is 15.5. The Morgan fingerprint density at radius 2 is 1.57 bits per heavy atom. The summed E-state index contributed by atoms with van der Waals surface area (Å²) in [6.45, 7) is 1.82. The second-order valence-electron chi connectivity index (χ2n) is 6.10. The Kier molecular flexibility index (Phi) is 5.65. The van der Waals surface area contributed by atoms with Crippen LogP contribution in [0.25, 0.3) is 0 Å². The molecule has 1 amide bonds. The van der Waals surface area contributed by atoms with Crippen LogP contribution in [0.4, 0.5) is 11.4 Å². The van der Waals surface area contributed by atoms with Gasteiger partial charge in [0.25, 0.3) is 15.9 Å². The number of benzene rings is 3. The molecule has 0 aliphatic rings. The maximum absolute atomic E-state index is 12.8. The molecular formula is C21H20N2O4S. The molecule has 0 aliphatic carbocycles. The van der Waals surface area contributed by atoms with Crippen molar-refractivity contribution in [3.05, 3.63) is 83.9 Å². The molecule has 0 unspecified atom stereocenters. The van der Waals surface area contributed by atoms with E-state index in [-0.39, 0.29) is 16.5 Å². The lowest BCUT2D eigenvalue weighted by molar-refractivity contribution is 0.102. The first-order valence-corrected chi connectivity index (χ1v) is 10.0. The van der Waals surface area contributed by atoms with Crippen LogP contribution >= 0.6 is 0 Å². The van der Waals surface area contributed by atoms with Crippen LogP contribution in [-0.4, -0.2) is 21.4 Å². The number of sulfonamides is 1. The minimum Gasteiger partial charge on any atom is -0.495 e. The van der Waals surface area contributed by atoms with Crippen molar-refractivity contribution in [2.45, 2.75) is 11.8 Å². The minimum absolute atomic E-state index is 0.0138. The Morgan fingerprint density at radius 1 is 0.893 bits per heavy atom. The summed E-state index contributed by atoms with van der Waals surface area (Å²) in [6, 6.07) is 20.0. The Labute approximate surface area is 164 Å². The fourth-order valence-electron chi connectivity index (χ4n) is 2.63. The third-order valence-electron chi connectivity index (χ3n) is 4.15. The summed E-state index contributed by atoms with van der Waals surface area (Å²) in [5.74, 6) is -0.000524. The van der Waals surface area contributed by atoms with Crippen molar-refractivity contribution in [2.24, 2.45) is 0 Å². The molecule has 28 heavy (non-hydrogen) atoms. The average Bonchev–Trinajstić information content (AvgIpc) is 2.70. The molecule has 0 saturated heterocycles. The molecule has 0 saturated carbocycles. The van der Waals surface area contributed by atoms with Gasteiger partial charge in [-0.25, -0.2) is 8.42 Å². The van der Waals surface area contributed by atoms with Crippen LogP contribution < -0.4 is 14.8 Å². The fraction of sp³-hybridized carbons (Fsp3) is 0.0952. The smallest absolute Gasteiger partial charge is 0.261 e. The molecule has 0 aliphatic heterocycles. The summed E-state index contributed by atoms with van der Waals surface area (Å²) >= 11 is 0. The van der Waals surface area contributed by atoms with Gasteiger partial charge in [-0.1, -0.05) is 36.4 Å². The van der Waals surface area contributed by atoms with Crippen molar-refractivity contribution < 1.29 is 17.9 Å². The molecule has 0 bridgehead atoms. The summed E-state index contributed by atoms with van der Waals surface area (Å²) < 4.78 is 33.4. The second kappa shape index (κ2) is 8.14. The van der Waals surface area contributed by atoms with Gasteiger partial charge in [0.05, 0.1) is 23.4 Å². The highest BCUT2D eigenvalue weighted by Gasteiger charge is 2.19. The standard InChI is InChI=1S/C21H20N2O4S/c1-15-8-6-7-11-18(15)23-28(25,26)17-12-13-20(27-2)19(14-17)22-21(24)16-9-4-3-5-10-16/h3-14,23H,1-2H3,(H,22,24). The van der Waals surface area contributed by atoms with Crippen LogP contribution in [-0.2, 0) is 10.0 Å². The number of amides is 1. The molecule has 3 aromatic carbocycles. The summed E-state index contributed by atoms with van der Waals surface area (Å²) in [5, 5.41) is 2.71. The molecule has 0 spiro atoms. The molecule has 7 heteroatoms. The number of para-hydroxylation sites is 1. The van der Waals surface area contributed by atoms with E-state index in [1.54, 1.807) is 36.4 Å². The van der Waals surface area contributed by atoms with Gasteiger partial charge in [-0.2, -0.15) is 0 Å². The van der Waals surface area contributed by atoms with Crippen LogP contribution in [0.15, 0.2) is 77.7 Å². The van der Waals surface area contributed by atoms with Crippen molar-refractivity contribution in [1.82, 2.24) is 0 Å². The topological polar surface area (TPSA) is 84.5 Å².